The monoisotopic (exact) mass is 322 g/mol. The molecule has 0 spiro atoms. The first-order chi connectivity index (χ1) is 7.98. The summed E-state index contributed by atoms with van der Waals surface area (Å²) >= 11 is 8.46. The second kappa shape index (κ2) is 10.7. The first-order valence-corrected chi connectivity index (χ1v) is 8.63. The molecule has 0 saturated heterocycles. The maximum atomic E-state index is 4.71. The Morgan fingerprint density at radius 1 is 0.941 bits per heavy atom. The summed E-state index contributed by atoms with van der Waals surface area (Å²) in [6.45, 7) is 6.80. The summed E-state index contributed by atoms with van der Waals surface area (Å²) in [5, 5.41) is 0. The predicted molar refractivity (Wildman–Crippen MR) is 87.3 cm³/mol. The van der Waals surface area contributed by atoms with Crippen LogP contribution in [0.25, 0.3) is 0 Å². The molecule has 0 bridgehead atoms. The van der Waals surface area contributed by atoms with Crippen LogP contribution in [0.1, 0.15) is 85.0 Å². The van der Waals surface area contributed by atoms with Crippen LogP contribution < -0.4 is 0 Å². The van der Waals surface area contributed by atoms with E-state index < -0.39 is 0 Å². The van der Waals surface area contributed by atoms with Crippen molar-refractivity contribution < 1.29 is 0 Å². The van der Waals surface area contributed by atoms with E-state index in [1.807, 2.05) is 0 Å². The van der Waals surface area contributed by atoms with Gasteiger partial charge >= 0.3 is 0 Å². The fraction of sp³-hybridized carbons (Fsp3) is 1.00. The summed E-state index contributed by atoms with van der Waals surface area (Å²) in [5.74, 6) is 0.723. The second-order valence-corrected chi connectivity index (χ2v) is 8.73. The highest BCUT2D eigenvalue weighted by molar-refractivity contribution is 9.11. The minimum absolute atomic E-state index is 0.0728. The van der Waals surface area contributed by atoms with Crippen LogP contribution in [0.4, 0.5) is 0 Å². The second-order valence-electron chi connectivity index (χ2n) is 5.74. The molecule has 0 aromatic heterocycles. The van der Waals surface area contributed by atoms with Crippen molar-refractivity contribution in [2.24, 2.45) is 5.92 Å². The van der Waals surface area contributed by atoms with E-state index in [0.717, 1.165) is 12.3 Å². The molecule has 0 fully saturated rings. The van der Waals surface area contributed by atoms with Gasteiger partial charge in [0.1, 0.15) is 0 Å². The van der Waals surface area contributed by atoms with E-state index in [-0.39, 0.29) is 3.66 Å². The fourth-order valence-corrected chi connectivity index (χ4v) is 3.71. The zero-order chi connectivity index (χ0) is 13.1. The molecule has 1 unspecified atom stereocenters. The Hall–Kier alpha value is 0.830. The molecule has 104 valence electrons. The van der Waals surface area contributed by atoms with Crippen molar-refractivity contribution in [2.45, 2.75) is 88.6 Å². The van der Waals surface area contributed by atoms with Crippen LogP contribution in [0.5, 0.6) is 0 Å². The van der Waals surface area contributed by atoms with Crippen molar-refractivity contribution in [3.8, 4) is 0 Å². The lowest BCUT2D eigenvalue weighted by molar-refractivity contribution is 0.501. The van der Waals surface area contributed by atoms with Crippen molar-refractivity contribution in [2.75, 3.05) is 0 Å². The standard InChI is InChI=1S/C15H31BrS/c1-4-5-6-7-8-9-10-11-12-15(16,17)13-14(2)3/h14,17H,4-13H2,1-3H3. The molecule has 0 N–H and O–H groups in total. The van der Waals surface area contributed by atoms with E-state index in [0.29, 0.717) is 0 Å². The lowest BCUT2D eigenvalue weighted by Crippen LogP contribution is -2.15. The summed E-state index contributed by atoms with van der Waals surface area (Å²) in [7, 11) is 0. The molecule has 0 nitrogen and oxygen atoms in total. The Morgan fingerprint density at radius 3 is 1.88 bits per heavy atom. The molecule has 0 aliphatic carbocycles. The van der Waals surface area contributed by atoms with Gasteiger partial charge in [0.25, 0.3) is 0 Å². The number of hydrogen-bond acceptors (Lipinski definition) is 1. The quantitative estimate of drug-likeness (QED) is 0.248. The van der Waals surface area contributed by atoms with Gasteiger partial charge in [0, 0.05) is 0 Å². The van der Waals surface area contributed by atoms with Crippen molar-refractivity contribution in [1.82, 2.24) is 0 Å². The van der Waals surface area contributed by atoms with Crippen molar-refractivity contribution in [1.29, 1.82) is 0 Å². The molecular weight excluding hydrogens is 292 g/mol. The van der Waals surface area contributed by atoms with Gasteiger partial charge in [-0.25, -0.2) is 0 Å². The van der Waals surface area contributed by atoms with E-state index in [2.05, 4.69) is 36.7 Å². The summed E-state index contributed by atoms with van der Waals surface area (Å²) in [6.07, 6.45) is 13.5. The van der Waals surface area contributed by atoms with Crippen LogP contribution in [0, 0.1) is 5.92 Å². The number of halogens is 1. The van der Waals surface area contributed by atoms with E-state index >= 15 is 0 Å². The lowest BCUT2D eigenvalue weighted by Gasteiger charge is -2.23. The molecule has 17 heavy (non-hydrogen) atoms. The Morgan fingerprint density at radius 2 is 1.41 bits per heavy atom. The largest absolute Gasteiger partial charge is 0.161 e. The number of thiol groups is 1. The van der Waals surface area contributed by atoms with Crippen LogP contribution in [-0.4, -0.2) is 3.66 Å². The lowest BCUT2D eigenvalue weighted by atomic mass is 10.0. The Balaban J connectivity index is 3.32. The van der Waals surface area contributed by atoms with E-state index in [1.54, 1.807) is 0 Å². The van der Waals surface area contributed by atoms with Crippen molar-refractivity contribution in [3.63, 3.8) is 0 Å². The molecule has 2 heteroatoms. The number of alkyl halides is 1. The zero-order valence-electron chi connectivity index (χ0n) is 12.0. The molecule has 0 heterocycles. The maximum Gasteiger partial charge on any atom is 0.0681 e. The minimum atomic E-state index is 0.0728. The molecule has 0 rings (SSSR count). The third-order valence-corrected chi connectivity index (χ3v) is 4.26. The van der Waals surface area contributed by atoms with E-state index in [1.165, 1.54) is 57.8 Å². The summed E-state index contributed by atoms with van der Waals surface area (Å²) in [5.41, 5.74) is 0. The molecule has 0 aromatic rings. The van der Waals surface area contributed by atoms with E-state index in [4.69, 9.17) is 12.6 Å². The average molecular weight is 323 g/mol. The van der Waals surface area contributed by atoms with Gasteiger partial charge in [0.15, 0.2) is 0 Å². The van der Waals surface area contributed by atoms with Gasteiger partial charge in [-0.15, -0.1) is 0 Å². The van der Waals surface area contributed by atoms with Gasteiger partial charge in [0.05, 0.1) is 3.66 Å². The molecule has 0 amide bonds. The number of unbranched alkanes of at least 4 members (excludes halogenated alkanes) is 7. The van der Waals surface area contributed by atoms with Crippen molar-refractivity contribution in [3.05, 3.63) is 0 Å². The van der Waals surface area contributed by atoms with Crippen LogP contribution in [-0.2, 0) is 0 Å². The van der Waals surface area contributed by atoms with Crippen LogP contribution in [0.2, 0.25) is 0 Å². The van der Waals surface area contributed by atoms with Gasteiger partial charge in [-0.2, -0.15) is 12.6 Å². The third-order valence-electron chi connectivity index (χ3n) is 3.13. The maximum absolute atomic E-state index is 4.71. The van der Waals surface area contributed by atoms with Gasteiger partial charge in [0.2, 0.25) is 0 Å². The fourth-order valence-electron chi connectivity index (χ4n) is 2.26. The molecule has 0 radical (unpaired) electrons. The Bertz CT molecular complexity index is 166. The smallest absolute Gasteiger partial charge is 0.0681 e. The van der Waals surface area contributed by atoms with Crippen LogP contribution >= 0.6 is 28.6 Å². The minimum Gasteiger partial charge on any atom is -0.161 e. The molecule has 1 atom stereocenters. The van der Waals surface area contributed by atoms with Gasteiger partial charge in [-0.05, 0) is 18.8 Å². The molecule has 0 aliphatic heterocycles. The highest BCUT2D eigenvalue weighted by atomic mass is 79.9. The topological polar surface area (TPSA) is 0 Å². The molecular formula is C15H31BrS. The van der Waals surface area contributed by atoms with Gasteiger partial charge in [-0.3, -0.25) is 0 Å². The highest BCUT2D eigenvalue weighted by Gasteiger charge is 2.21. The number of rotatable bonds is 11. The van der Waals surface area contributed by atoms with Crippen LogP contribution in [0.15, 0.2) is 0 Å². The Kier molecular flexibility index (Phi) is 11.2. The zero-order valence-corrected chi connectivity index (χ0v) is 14.5. The van der Waals surface area contributed by atoms with E-state index in [9.17, 15) is 0 Å². The SMILES string of the molecule is CCCCCCCCCCC(S)(Br)CC(C)C. The first kappa shape index (κ1) is 17.8. The van der Waals surface area contributed by atoms with Gasteiger partial charge < -0.3 is 0 Å². The normalized spacial score (nSPS) is 15.2. The van der Waals surface area contributed by atoms with Crippen LogP contribution in [0.3, 0.4) is 0 Å². The highest BCUT2D eigenvalue weighted by Crippen LogP contribution is 2.36. The average Bonchev–Trinajstić information content (AvgIpc) is 2.20. The molecule has 0 aromatic carbocycles. The summed E-state index contributed by atoms with van der Waals surface area (Å²) in [4.78, 5) is 0. The summed E-state index contributed by atoms with van der Waals surface area (Å²) < 4.78 is 0.0728. The molecule has 0 saturated carbocycles. The predicted octanol–water partition coefficient (Wildman–Crippen LogP) is 6.58. The van der Waals surface area contributed by atoms with Gasteiger partial charge in [-0.1, -0.05) is 88.1 Å². The van der Waals surface area contributed by atoms with Crippen molar-refractivity contribution >= 4 is 28.6 Å². The molecule has 0 aliphatic rings. The summed E-state index contributed by atoms with van der Waals surface area (Å²) in [6, 6.07) is 0. The first-order valence-electron chi connectivity index (χ1n) is 7.39. The Labute approximate surface area is 123 Å². The third kappa shape index (κ3) is 13.1. The number of hydrogen-bond donors (Lipinski definition) is 1.